The molecular weight excluding hydrogens is 312 g/mol. The second-order valence-corrected chi connectivity index (χ2v) is 7.56. The average Bonchev–Trinajstić information content (AvgIpc) is 3.05. The molecule has 5 heteroatoms. The van der Waals surface area contributed by atoms with E-state index in [0.29, 0.717) is 11.7 Å². The van der Waals surface area contributed by atoms with Gasteiger partial charge in [-0.15, -0.1) is 0 Å². The number of hydrogen-bond acceptors (Lipinski definition) is 3. The molecular formula is C17H24N2OS2. The lowest BCUT2D eigenvalue weighted by Gasteiger charge is -2.23. The van der Waals surface area contributed by atoms with Crippen LogP contribution in [0.15, 0.2) is 30.3 Å². The Bertz CT molecular complexity index is 499. The number of thioether (sulfide) groups is 1. The van der Waals surface area contributed by atoms with Crippen LogP contribution in [0.5, 0.6) is 0 Å². The molecule has 0 bridgehead atoms. The number of hydrogen-bond donors (Lipinski definition) is 1. The van der Waals surface area contributed by atoms with E-state index in [0.717, 1.165) is 23.0 Å². The fourth-order valence-electron chi connectivity index (χ4n) is 2.63. The van der Waals surface area contributed by atoms with Crippen LogP contribution in [0.2, 0.25) is 0 Å². The molecule has 1 fully saturated rings. The Balaban J connectivity index is 1.85. The molecule has 3 nitrogen and oxygen atoms in total. The zero-order chi connectivity index (χ0) is 15.9. The summed E-state index contributed by atoms with van der Waals surface area (Å²) >= 11 is 6.88. The fourth-order valence-corrected chi connectivity index (χ4v) is 3.69. The van der Waals surface area contributed by atoms with Gasteiger partial charge in [0.25, 0.3) is 0 Å². The summed E-state index contributed by atoms with van der Waals surface area (Å²) in [5, 5.41) is 3.14. The molecule has 1 heterocycles. The van der Waals surface area contributed by atoms with Crippen LogP contribution < -0.4 is 5.32 Å². The van der Waals surface area contributed by atoms with Crippen molar-refractivity contribution < 1.29 is 4.79 Å². The molecule has 0 radical (unpaired) electrons. The minimum atomic E-state index is 0.0501. The van der Waals surface area contributed by atoms with Crippen molar-refractivity contribution in [3.05, 3.63) is 35.9 Å². The van der Waals surface area contributed by atoms with E-state index in [-0.39, 0.29) is 11.9 Å². The van der Waals surface area contributed by atoms with Gasteiger partial charge in [0.2, 0.25) is 5.91 Å². The molecule has 0 saturated carbocycles. The Morgan fingerprint density at radius 3 is 2.50 bits per heavy atom. The van der Waals surface area contributed by atoms with Gasteiger partial charge in [-0.05, 0) is 24.3 Å². The highest BCUT2D eigenvalue weighted by Gasteiger charge is 2.20. The van der Waals surface area contributed by atoms with E-state index < -0.39 is 0 Å². The van der Waals surface area contributed by atoms with Crippen LogP contribution in [0.1, 0.15) is 38.3 Å². The lowest BCUT2D eigenvalue weighted by Crippen LogP contribution is -2.34. The van der Waals surface area contributed by atoms with E-state index in [4.69, 9.17) is 12.2 Å². The van der Waals surface area contributed by atoms with Crippen molar-refractivity contribution in [2.24, 2.45) is 5.92 Å². The second-order valence-electron chi connectivity index (χ2n) is 5.95. The van der Waals surface area contributed by atoms with Crippen LogP contribution in [0, 0.1) is 5.92 Å². The predicted molar refractivity (Wildman–Crippen MR) is 98.0 cm³/mol. The first kappa shape index (κ1) is 17.3. The Morgan fingerprint density at radius 2 is 1.91 bits per heavy atom. The van der Waals surface area contributed by atoms with Gasteiger partial charge in [-0.2, -0.15) is 0 Å². The first-order valence-corrected chi connectivity index (χ1v) is 9.23. The van der Waals surface area contributed by atoms with Crippen LogP contribution >= 0.6 is 24.0 Å². The number of nitrogens with one attached hydrogen (secondary N) is 1. The summed E-state index contributed by atoms with van der Waals surface area (Å²) in [6.07, 6.45) is 2.41. The number of nitrogens with zero attached hydrogens (tertiary/aromatic N) is 1. The minimum absolute atomic E-state index is 0.0501. The standard InChI is InChI=1S/C17H24N2OS2/c1-13(2)16(14-8-4-3-5-9-14)18-15(20)12-22-17(21)19-10-6-7-11-19/h3-5,8-9,13,16H,6-7,10-12H2,1-2H3,(H,18,20). The summed E-state index contributed by atoms with van der Waals surface area (Å²) in [4.78, 5) is 14.4. The van der Waals surface area contributed by atoms with Gasteiger partial charge in [-0.3, -0.25) is 4.79 Å². The summed E-state index contributed by atoms with van der Waals surface area (Å²) in [5.41, 5.74) is 1.15. The molecule has 1 aromatic rings. The van der Waals surface area contributed by atoms with Gasteiger partial charge in [0.05, 0.1) is 11.8 Å². The van der Waals surface area contributed by atoms with E-state index >= 15 is 0 Å². The molecule has 1 aromatic carbocycles. The predicted octanol–water partition coefficient (Wildman–Crippen LogP) is 3.61. The van der Waals surface area contributed by atoms with E-state index in [1.54, 1.807) is 0 Å². The SMILES string of the molecule is CC(C)C(NC(=O)CSC(=S)N1CCCC1)c1ccccc1. The topological polar surface area (TPSA) is 32.3 Å². The van der Waals surface area contributed by atoms with E-state index in [9.17, 15) is 4.79 Å². The van der Waals surface area contributed by atoms with Gasteiger partial charge in [-0.25, -0.2) is 0 Å². The van der Waals surface area contributed by atoms with Gasteiger partial charge in [0.1, 0.15) is 4.32 Å². The maximum atomic E-state index is 12.2. The lowest BCUT2D eigenvalue weighted by atomic mass is 9.96. The Labute approximate surface area is 142 Å². The first-order chi connectivity index (χ1) is 10.6. The zero-order valence-corrected chi connectivity index (χ0v) is 14.9. The number of amides is 1. The number of likely N-dealkylation sites (tertiary alicyclic amines) is 1. The summed E-state index contributed by atoms with van der Waals surface area (Å²) in [7, 11) is 0. The quantitative estimate of drug-likeness (QED) is 0.833. The number of carbonyl (C=O) groups excluding carboxylic acids is 1. The maximum Gasteiger partial charge on any atom is 0.230 e. The minimum Gasteiger partial charge on any atom is -0.358 e. The molecule has 22 heavy (non-hydrogen) atoms. The van der Waals surface area contributed by atoms with Crippen LogP contribution in [0.4, 0.5) is 0 Å². The van der Waals surface area contributed by atoms with E-state index in [1.165, 1.54) is 24.6 Å². The normalized spacial score (nSPS) is 15.9. The highest BCUT2D eigenvalue weighted by Crippen LogP contribution is 2.22. The number of rotatable bonds is 5. The molecule has 120 valence electrons. The second kappa shape index (κ2) is 8.53. The Morgan fingerprint density at radius 1 is 1.27 bits per heavy atom. The van der Waals surface area contributed by atoms with Crippen LogP contribution in [0.25, 0.3) is 0 Å². The monoisotopic (exact) mass is 336 g/mol. The smallest absolute Gasteiger partial charge is 0.230 e. The van der Waals surface area contributed by atoms with E-state index in [2.05, 4.69) is 36.2 Å². The summed E-state index contributed by atoms with van der Waals surface area (Å²) in [6.45, 7) is 6.32. The van der Waals surface area contributed by atoms with E-state index in [1.807, 2.05) is 18.2 Å². The third-order valence-electron chi connectivity index (χ3n) is 3.83. The summed E-state index contributed by atoms with van der Waals surface area (Å²) < 4.78 is 0.855. The fraction of sp³-hybridized carbons (Fsp3) is 0.529. The van der Waals surface area contributed by atoms with Crippen molar-refractivity contribution in [2.75, 3.05) is 18.8 Å². The molecule has 1 aliphatic rings. The highest BCUT2D eigenvalue weighted by atomic mass is 32.2. The van der Waals surface area contributed by atoms with Crippen LogP contribution in [-0.4, -0.2) is 34.0 Å². The third kappa shape index (κ3) is 4.99. The van der Waals surface area contributed by atoms with Crippen molar-refractivity contribution in [1.29, 1.82) is 0 Å². The van der Waals surface area contributed by atoms with Crippen molar-refractivity contribution in [3.8, 4) is 0 Å². The molecule has 0 aliphatic carbocycles. The van der Waals surface area contributed by atoms with Crippen LogP contribution in [0.3, 0.4) is 0 Å². The van der Waals surface area contributed by atoms with Gasteiger partial charge in [0, 0.05) is 13.1 Å². The molecule has 1 saturated heterocycles. The Hall–Kier alpha value is -1.07. The van der Waals surface area contributed by atoms with Gasteiger partial charge < -0.3 is 10.2 Å². The largest absolute Gasteiger partial charge is 0.358 e. The molecule has 1 amide bonds. The summed E-state index contributed by atoms with van der Waals surface area (Å²) in [6, 6.07) is 10.2. The third-order valence-corrected chi connectivity index (χ3v) is 5.36. The number of carbonyl (C=O) groups is 1. The molecule has 1 unspecified atom stereocenters. The average molecular weight is 337 g/mol. The number of thiocarbonyl (C=S) groups is 1. The molecule has 1 N–H and O–H groups in total. The number of benzene rings is 1. The van der Waals surface area contributed by atoms with Crippen molar-refractivity contribution >= 4 is 34.2 Å². The highest BCUT2D eigenvalue weighted by molar-refractivity contribution is 8.23. The van der Waals surface area contributed by atoms with Crippen molar-refractivity contribution in [2.45, 2.75) is 32.7 Å². The molecule has 0 aromatic heterocycles. The molecule has 1 atom stereocenters. The summed E-state index contributed by atoms with van der Waals surface area (Å²) in [5.74, 6) is 0.793. The lowest BCUT2D eigenvalue weighted by molar-refractivity contribution is -0.119. The van der Waals surface area contributed by atoms with Crippen molar-refractivity contribution in [1.82, 2.24) is 10.2 Å². The molecule has 2 rings (SSSR count). The van der Waals surface area contributed by atoms with Crippen molar-refractivity contribution in [3.63, 3.8) is 0 Å². The van der Waals surface area contributed by atoms with Gasteiger partial charge in [-0.1, -0.05) is 68.2 Å². The van der Waals surface area contributed by atoms with Crippen LogP contribution in [-0.2, 0) is 4.79 Å². The Kier molecular flexibility index (Phi) is 6.70. The molecule has 0 spiro atoms. The molecule has 1 aliphatic heterocycles. The van der Waals surface area contributed by atoms with Gasteiger partial charge in [0.15, 0.2) is 0 Å². The zero-order valence-electron chi connectivity index (χ0n) is 13.2. The van der Waals surface area contributed by atoms with Gasteiger partial charge >= 0.3 is 0 Å². The maximum absolute atomic E-state index is 12.2. The first-order valence-electron chi connectivity index (χ1n) is 7.84.